The van der Waals surface area contributed by atoms with Gasteiger partial charge in [0.1, 0.15) is 5.82 Å². The highest BCUT2D eigenvalue weighted by Gasteiger charge is 2.25. The van der Waals surface area contributed by atoms with Gasteiger partial charge in [0.25, 0.3) is 0 Å². The van der Waals surface area contributed by atoms with E-state index >= 15 is 0 Å². The highest BCUT2D eigenvalue weighted by Crippen LogP contribution is 2.22. The number of halogens is 1. The van der Waals surface area contributed by atoms with Crippen molar-refractivity contribution in [2.45, 2.75) is 26.7 Å². The third kappa shape index (κ3) is 4.50. The van der Waals surface area contributed by atoms with Crippen molar-refractivity contribution in [1.82, 2.24) is 25.1 Å². The fourth-order valence-corrected chi connectivity index (χ4v) is 3.55. The third-order valence-electron chi connectivity index (χ3n) is 5.51. The summed E-state index contributed by atoms with van der Waals surface area (Å²) in [4.78, 5) is 16.4. The van der Waals surface area contributed by atoms with Crippen LogP contribution in [0.2, 0.25) is 0 Å². The molecule has 1 aromatic heterocycles. The Morgan fingerprint density at radius 1 is 1.10 bits per heavy atom. The third-order valence-corrected chi connectivity index (χ3v) is 5.51. The zero-order valence-corrected chi connectivity index (χ0v) is 17.9. The molecule has 0 aliphatic carbocycles. The molecule has 3 aromatic rings. The number of aromatic nitrogens is 4. The molecule has 9 heteroatoms. The summed E-state index contributed by atoms with van der Waals surface area (Å²) in [6.07, 6.45) is 0. The number of anilines is 2. The van der Waals surface area contributed by atoms with Gasteiger partial charge in [-0.25, -0.2) is 9.18 Å². The van der Waals surface area contributed by atoms with Crippen LogP contribution in [0.15, 0.2) is 42.5 Å². The summed E-state index contributed by atoms with van der Waals surface area (Å²) < 4.78 is 15.5. The van der Waals surface area contributed by atoms with Crippen molar-refractivity contribution < 1.29 is 9.18 Å². The van der Waals surface area contributed by atoms with Crippen molar-refractivity contribution in [3.8, 4) is 5.69 Å². The average molecular weight is 423 g/mol. The number of urea groups is 1. The highest BCUT2D eigenvalue weighted by atomic mass is 19.1. The van der Waals surface area contributed by atoms with Gasteiger partial charge in [-0.05, 0) is 58.7 Å². The number of nitrogens with zero attached hydrogens (tertiary/aromatic N) is 6. The van der Waals surface area contributed by atoms with Gasteiger partial charge in [-0.1, -0.05) is 37.1 Å². The molecule has 0 bridgehead atoms. The Hall–Kier alpha value is -3.49. The predicted octanol–water partition coefficient (Wildman–Crippen LogP) is 3.59. The van der Waals surface area contributed by atoms with Crippen molar-refractivity contribution in [2.75, 3.05) is 36.4 Å². The molecule has 0 spiro atoms. The second-order valence-electron chi connectivity index (χ2n) is 8.01. The average Bonchev–Trinajstić information content (AvgIpc) is 3.26. The number of carbonyl (C=O) groups excluding carboxylic acids is 1. The van der Waals surface area contributed by atoms with E-state index in [1.807, 2.05) is 12.1 Å². The molecule has 2 heterocycles. The fourth-order valence-electron chi connectivity index (χ4n) is 3.55. The molecular weight excluding hydrogens is 397 g/mol. The molecule has 0 unspecified atom stereocenters. The van der Waals surface area contributed by atoms with E-state index in [4.69, 9.17) is 0 Å². The number of benzene rings is 2. The maximum atomic E-state index is 13.7. The molecule has 1 aliphatic rings. The summed E-state index contributed by atoms with van der Waals surface area (Å²) >= 11 is 0. The molecule has 8 nitrogen and oxygen atoms in total. The van der Waals surface area contributed by atoms with Crippen LogP contribution < -0.4 is 10.2 Å². The van der Waals surface area contributed by atoms with Gasteiger partial charge in [0.15, 0.2) is 0 Å². The Balaban J connectivity index is 1.42. The van der Waals surface area contributed by atoms with E-state index in [1.54, 1.807) is 28.6 Å². The number of hydrogen-bond donors (Lipinski definition) is 1. The van der Waals surface area contributed by atoms with E-state index in [0.717, 1.165) is 5.69 Å². The van der Waals surface area contributed by atoms with Gasteiger partial charge < -0.3 is 15.1 Å². The van der Waals surface area contributed by atoms with E-state index in [0.29, 0.717) is 49.3 Å². The summed E-state index contributed by atoms with van der Waals surface area (Å²) in [5, 5.41) is 15.0. The Morgan fingerprint density at radius 3 is 2.58 bits per heavy atom. The van der Waals surface area contributed by atoms with Crippen LogP contribution in [-0.4, -0.2) is 57.3 Å². The minimum Gasteiger partial charge on any atom is -0.336 e. The zero-order chi connectivity index (χ0) is 22.0. The molecule has 0 radical (unpaired) electrons. The first-order valence-electron chi connectivity index (χ1n) is 10.4. The van der Waals surface area contributed by atoms with Gasteiger partial charge in [0, 0.05) is 31.9 Å². The molecule has 4 rings (SSSR count). The predicted molar refractivity (Wildman–Crippen MR) is 117 cm³/mol. The largest absolute Gasteiger partial charge is 0.336 e. The molecular formula is C22H26FN7O. The van der Waals surface area contributed by atoms with E-state index in [-0.39, 0.29) is 11.8 Å². The summed E-state index contributed by atoms with van der Waals surface area (Å²) in [6.45, 7) is 8.20. The smallest absolute Gasteiger partial charge is 0.321 e. The lowest BCUT2D eigenvalue weighted by Crippen LogP contribution is -2.50. The number of amides is 2. The minimum atomic E-state index is -0.337. The molecule has 162 valence electrons. The molecule has 31 heavy (non-hydrogen) atoms. The van der Waals surface area contributed by atoms with Gasteiger partial charge >= 0.3 is 6.03 Å². The zero-order valence-electron chi connectivity index (χ0n) is 17.9. The van der Waals surface area contributed by atoms with Crippen molar-refractivity contribution in [3.63, 3.8) is 0 Å². The lowest BCUT2D eigenvalue weighted by Gasteiger charge is -2.34. The molecule has 1 N–H and O–H groups in total. The fraction of sp³-hybridized carbons (Fsp3) is 0.364. The van der Waals surface area contributed by atoms with Crippen LogP contribution in [0.4, 0.5) is 20.8 Å². The maximum absolute atomic E-state index is 13.7. The number of hydrogen-bond acceptors (Lipinski definition) is 5. The summed E-state index contributed by atoms with van der Waals surface area (Å²) in [5.74, 6) is 0.724. The van der Waals surface area contributed by atoms with Crippen molar-refractivity contribution in [1.29, 1.82) is 0 Å². The van der Waals surface area contributed by atoms with Crippen molar-refractivity contribution >= 4 is 17.7 Å². The normalized spacial score (nSPS) is 14.2. The number of tetrazole rings is 1. The van der Waals surface area contributed by atoms with Crippen LogP contribution in [-0.2, 0) is 0 Å². The minimum absolute atomic E-state index is 0.243. The van der Waals surface area contributed by atoms with Gasteiger partial charge in [-0.15, -0.1) is 0 Å². The summed E-state index contributed by atoms with van der Waals surface area (Å²) in [6, 6.07) is 12.6. The standard InChI is InChI=1S/C22H26FN7O/c1-15(2)17-5-4-6-19(13-17)30-21(25-26-27-30)28-9-11-29(12-10-28)22(31)24-18-8-7-16(3)20(23)14-18/h4-8,13-15H,9-12H2,1-3H3,(H,24,31). The Morgan fingerprint density at radius 2 is 1.87 bits per heavy atom. The molecule has 2 aromatic carbocycles. The number of carbonyl (C=O) groups is 1. The monoisotopic (exact) mass is 423 g/mol. The quantitative estimate of drug-likeness (QED) is 0.694. The first kappa shape index (κ1) is 20.8. The van der Waals surface area contributed by atoms with E-state index in [9.17, 15) is 9.18 Å². The van der Waals surface area contributed by atoms with Gasteiger partial charge in [-0.3, -0.25) is 0 Å². The molecule has 0 atom stereocenters. The van der Waals surface area contributed by atoms with E-state index in [2.05, 4.69) is 51.7 Å². The highest BCUT2D eigenvalue weighted by molar-refractivity contribution is 5.89. The summed E-state index contributed by atoms with van der Waals surface area (Å²) in [7, 11) is 0. The Kier molecular flexibility index (Phi) is 5.83. The number of nitrogens with one attached hydrogen (secondary N) is 1. The number of rotatable bonds is 4. The first-order valence-corrected chi connectivity index (χ1v) is 10.4. The molecule has 0 saturated carbocycles. The van der Waals surface area contributed by atoms with Crippen molar-refractivity contribution in [2.24, 2.45) is 0 Å². The summed E-state index contributed by atoms with van der Waals surface area (Å²) in [5.41, 5.74) is 3.12. The van der Waals surface area contributed by atoms with Crippen molar-refractivity contribution in [3.05, 3.63) is 59.4 Å². The van der Waals surface area contributed by atoms with Gasteiger partial charge in [0.2, 0.25) is 5.95 Å². The topological polar surface area (TPSA) is 79.2 Å². The number of aryl methyl sites for hydroxylation is 1. The first-order chi connectivity index (χ1) is 14.9. The maximum Gasteiger partial charge on any atom is 0.321 e. The molecule has 1 saturated heterocycles. The van der Waals surface area contributed by atoms with Crippen LogP contribution >= 0.6 is 0 Å². The van der Waals surface area contributed by atoms with E-state index in [1.165, 1.54) is 11.6 Å². The Bertz CT molecular complexity index is 1070. The van der Waals surface area contributed by atoms with Gasteiger partial charge in [0.05, 0.1) is 5.69 Å². The lowest BCUT2D eigenvalue weighted by atomic mass is 10.0. The Labute approximate surface area is 180 Å². The second kappa shape index (κ2) is 8.71. The van der Waals surface area contributed by atoms with Crippen LogP contribution in [0.25, 0.3) is 5.69 Å². The van der Waals surface area contributed by atoms with Gasteiger partial charge in [-0.2, -0.15) is 4.68 Å². The van der Waals surface area contributed by atoms with E-state index < -0.39 is 0 Å². The van der Waals surface area contributed by atoms with Crippen LogP contribution in [0.1, 0.15) is 30.9 Å². The van der Waals surface area contributed by atoms with Crippen LogP contribution in [0.5, 0.6) is 0 Å². The SMILES string of the molecule is Cc1ccc(NC(=O)N2CCN(c3nnnn3-c3cccc(C(C)C)c3)CC2)cc1F. The molecule has 1 fully saturated rings. The second-order valence-corrected chi connectivity index (χ2v) is 8.01. The molecule has 1 aliphatic heterocycles. The van der Waals surface area contributed by atoms with Crippen LogP contribution in [0, 0.1) is 12.7 Å². The molecule has 2 amide bonds. The lowest BCUT2D eigenvalue weighted by molar-refractivity contribution is 0.208. The number of piperazine rings is 1. The van der Waals surface area contributed by atoms with Crippen LogP contribution in [0.3, 0.4) is 0 Å².